The zero-order valence-electron chi connectivity index (χ0n) is 20.3. The van der Waals surface area contributed by atoms with Crippen molar-refractivity contribution in [1.82, 2.24) is 14.7 Å². The second-order valence-corrected chi connectivity index (χ2v) is 9.64. The SMILES string of the molecule is C=C/C(=C(\C)N=C(CCC)N1CCCC[C@@H]1C)c1cn(C2CCC(C)CC2)nc1C(F)F. The third-order valence-electron chi connectivity index (χ3n) is 7.12. The Morgan fingerprint density at radius 3 is 2.53 bits per heavy atom. The maximum absolute atomic E-state index is 14.0. The van der Waals surface area contributed by atoms with Crippen molar-refractivity contribution in [1.29, 1.82) is 0 Å². The molecule has 2 aliphatic rings. The Hall–Kier alpha value is -1.98. The van der Waals surface area contributed by atoms with Crippen LogP contribution in [-0.2, 0) is 0 Å². The molecule has 4 nitrogen and oxygen atoms in total. The molecule has 0 aromatic carbocycles. The van der Waals surface area contributed by atoms with Crippen LogP contribution < -0.4 is 0 Å². The molecule has 0 bridgehead atoms. The summed E-state index contributed by atoms with van der Waals surface area (Å²) in [4.78, 5) is 7.39. The monoisotopic (exact) mass is 446 g/mol. The van der Waals surface area contributed by atoms with E-state index in [0.29, 0.717) is 23.1 Å². The molecule has 0 unspecified atom stereocenters. The molecule has 2 fully saturated rings. The van der Waals surface area contributed by atoms with Gasteiger partial charge >= 0.3 is 0 Å². The van der Waals surface area contributed by atoms with Crippen LogP contribution in [0.15, 0.2) is 29.5 Å². The largest absolute Gasteiger partial charge is 0.357 e. The summed E-state index contributed by atoms with van der Waals surface area (Å²) in [6.07, 6.45) is 10.5. The average molecular weight is 447 g/mol. The first-order valence-electron chi connectivity index (χ1n) is 12.4. The number of allylic oxidation sites excluding steroid dienone is 3. The number of piperidine rings is 1. The second kappa shape index (κ2) is 11.2. The van der Waals surface area contributed by atoms with Gasteiger partial charge in [-0.2, -0.15) is 5.10 Å². The topological polar surface area (TPSA) is 33.4 Å². The summed E-state index contributed by atoms with van der Waals surface area (Å²) in [5.74, 6) is 1.76. The number of hydrogen-bond acceptors (Lipinski definition) is 2. The number of rotatable bonds is 7. The third-order valence-corrected chi connectivity index (χ3v) is 7.12. The predicted molar refractivity (Wildman–Crippen MR) is 129 cm³/mol. The van der Waals surface area contributed by atoms with Crippen molar-refractivity contribution in [3.8, 4) is 0 Å². The first-order chi connectivity index (χ1) is 15.3. The van der Waals surface area contributed by atoms with Gasteiger partial charge in [0.05, 0.1) is 6.04 Å². The minimum Gasteiger partial charge on any atom is -0.357 e. The fourth-order valence-corrected chi connectivity index (χ4v) is 5.14. The molecule has 2 heterocycles. The fraction of sp³-hybridized carbons (Fsp3) is 0.692. The van der Waals surface area contributed by atoms with Crippen LogP contribution in [0.5, 0.6) is 0 Å². The highest BCUT2D eigenvalue weighted by Gasteiger charge is 2.27. The zero-order chi connectivity index (χ0) is 23.3. The second-order valence-electron chi connectivity index (χ2n) is 9.64. The van der Waals surface area contributed by atoms with E-state index in [4.69, 9.17) is 4.99 Å². The summed E-state index contributed by atoms with van der Waals surface area (Å²) in [7, 11) is 0. The summed E-state index contributed by atoms with van der Waals surface area (Å²) in [5, 5.41) is 4.35. The van der Waals surface area contributed by atoms with E-state index >= 15 is 0 Å². The molecule has 1 saturated carbocycles. The molecule has 3 rings (SSSR count). The quantitative estimate of drug-likeness (QED) is 0.246. The summed E-state index contributed by atoms with van der Waals surface area (Å²) in [6.45, 7) is 13.5. The molecular weight excluding hydrogens is 406 g/mol. The number of likely N-dealkylation sites (tertiary alicyclic amines) is 1. The molecule has 1 aliphatic carbocycles. The standard InChI is InChI=1S/C26H40F2N4/c1-6-10-24(31-16-9-8-11-19(31)4)29-20(5)22(7-2)23-17-32(30-25(23)26(27)28)21-14-12-18(3)13-15-21/h7,17-19,21,26H,2,6,8-16H2,1,3-5H3/b22-20-,29-24?/t18?,19-,21?/m0/s1. The Kier molecular flexibility index (Phi) is 8.66. The normalized spacial score (nSPS) is 25.8. The van der Waals surface area contributed by atoms with Gasteiger partial charge in [-0.3, -0.25) is 4.68 Å². The van der Waals surface area contributed by atoms with Crippen molar-refractivity contribution < 1.29 is 8.78 Å². The number of nitrogens with zero attached hydrogens (tertiary/aromatic N) is 4. The summed E-state index contributed by atoms with van der Waals surface area (Å²) in [5.41, 5.74) is 1.71. The van der Waals surface area contributed by atoms with Crippen molar-refractivity contribution in [2.75, 3.05) is 6.54 Å². The molecule has 0 radical (unpaired) electrons. The average Bonchev–Trinajstić information content (AvgIpc) is 3.20. The van der Waals surface area contributed by atoms with Crippen molar-refractivity contribution in [2.24, 2.45) is 10.9 Å². The highest BCUT2D eigenvalue weighted by Crippen LogP contribution is 2.36. The maximum Gasteiger partial charge on any atom is 0.282 e. The minimum atomic E-state index is -2.63. The fourth-order valence-electron chi connectivity index (χ4n) is 5.14. The molecule has 1 atom stereocenters. The number of hydrogen-bond donors (Lipinski definition) is 0. The van der Waals surface area contributed by atoms with Gasteiger partial charge in [0, 0.05) is 42.0 Å². The third kappa shape index (κ3) is 5.68. The number of amidine groups is 1. The van der Waals surface area contributed by atoms with E-state index < -0.39 is 6.43 Å². The highest BCUT2D eigenvalue weighted by atomic mass is 19.3. The summed E-state index contributed by atoms with van der Waals surface area (Å²) >= 11 is 0. The molecule has 0 amide bonds. The van der Waals surface area contributed by atoms with Gasteiger partial charge in [0.25, 0.3) is 6.43 Å². The van der Waals surface area contributed by atoms with Gasteiger partial charge in [-0.25, -0.2) is 13.8 Å². The molecular formula is C26H40F2N4. The molecule has 6 heteroatoms. The van der Waals surface area contributed by atoms with Gasteiger partial charge in [0.2, 0.25) is 0 Å². The van der Waals surface area contributed by atoms with E-state index in [1.54, 1.807) is 17.0 Å². The Morgan fingerprint density at radius 1 is 1.22 bits per heavy atom. The number of aromatic nitrogens is 2. The Balaban J connectivity index is 1.98. The zero-order valence-corrected chi connectivity index (χ0v) is 20.3. The van der Waals surface area contributed by atoms with E-state index in [1.807, 2.05) is 6.92 Å². The van der Waals surface area contributed by atoms with Crippen molar-refractivity contribution in [2.45, 2.75) is 104 Å². The van der Waals surface area contributed by atoms with Gasteiger partial charge in [0.15, 0.2) is 0 Å². The van der Waals surface area contributed by atoms with Crippen LogP contribution >= 0.6 is 0 Å². The maximum atomic E-state index is 14.0. The number of alkyl halides is 2. The highest BCUT2D eigenvalue weighted by molar-refractivity contribution is 5.86. The van der Waals surface area contributed by atoms with Gasteiger partial charge in [0.1, 0.15) is 11.5 Å². The van der Waals surface area contributed by atoms with E-state index in [0.717, 1.165) is 56.6 Å². The van der Waals surface area contributed by atoms with Gasteiger partial charge in [-0.15, -0.1) is 0 Å². The van der Waals surface area contributed by atoms with Crippen LogP contribution in [0.3, 0.4) is 0 Å². The smallest absolute Gasteiger partial charge is 0.282 e. The number of aliphatic imine (C=N–C) groups is 1. The van der Waals surface area contributed by atoms with Crippen LogP contribution in [0.2, 0.25) is 0 Å². The Bertz CT molecular complexity index is 831. The summed E-state index contributed by atoms with van der Waals surface area (Å²) < 4.78 is 29.7. The molecule has 0 spiro atoms. The van der Waals surface area contributed by atoms with Crippen molar-refractivity contribution in [3.05, 3.63) is 35.8 Å². The minimum absolute atomic E-state index is 0.156. The van der Waals surface area contributed by atoms with Crippen molar-refractivity contribution in [3.63, 3.8) is 0 Å². The molecule has 178 valence electrons. The van der Waals surface area contributed by atoms with Crippen LogP contribution in [0.1, 0.15) is 109 Å². The molecule has 1 aromatic rings. The van der Waals surface area contributed by atoms with Crippen molar-refractivity contribution >= 4 is 11.4 Å². The lowest BCUT2D eigenvalue weighted by Gasteiger charge is -2.36. The predicted octanol–water partition coefficient (Wildman–Crippen LogP) is 7.56. The molecule has 1 aromatic heterocycles. The summed E-state index contributed by atoms with van der Waals surface area (Å²) in [6, 6.07) is 0.652. The lowest BCUT2D eigenvalue weighted by Crippen LogP contribution is -2.42. The van der Waals surface area contributed by atoms with Crippen LogP contribution in [0.4, 0.5) is 8.78 Å². The van der Waals surface area contributed by atoms with Crippen LogP contribution in [0.25, 0.3) is 5.57 Å². The van der Waals surface area contributed by atoms with Crippen LogP contribution in [-0.4, -0.2) is 33.1 Å². The van der Waals surface area contributed by atoms with E-state index in [1.165, 1.54) is 19.3 Å². The first-order valence-corrected chi connectivity index (χ1v) is 12.4. The molecule has 0 N–H and O–H groups in total. The number of halogens is 2. The van der Waals surface area contributed by atoms with Crippen LogP contribution in [0, 0.1) is 5.92 Å². The van der Waals surface area contributed by atoms with E-state index in [-0.39, 0.29) is 11.7 Å². The van der Waals surface area contributed by atoms with E-state index in [2.05, 4.69) is 37.3 Å². The Labute approximate surface area is 192 Å². The van der Waals surface area contributed by atoms with Gasteiger partial charge in [-0.05, 0) is 71.1 Å². The Morgan fingerprint density at radius 2 is 1.94 bits per heavy atom. The molecule has 1 saturated heterocycles. The lowest BCUT2D eigenvalue weighted by atomic mass is 9.87. The molecule has 1 aliphatic heterocycles. The lowest BCUT2D eigenvalue weighted by molar-refractivity contribution is 0.143. The van der Waals surface area contributed by atoms with Gasteiger partial charge < -0.3 is 4.90 Å². The first kappa shape index (κ1) is 24.7. The molecule has 32 heavy (non-hydrogen) atoms. The van der Waals surface area contributed by atoms with E-state index in [9.17, 15) is 8.78 Å². The van der Waals surface area contributed by atoms with Gasteiger partial charge in [-0.1, -0.05) is 26.5 Å².